The van der Waals surface area contributed by atoms with Gasteiger partial charge < -0.3 is 14.0 Å². The molecule has 0 aliphatic carbocycles. The van der Waals surface area contributed by atoms with Crippen molar-refractivity contribution in [2.75, 3.05) is 17.8 Å². The number of hydrogen-bond acceptors (Lipinski definition) is 6. The Morgan fingerprint density at radius 2 is 2.03 bits per heavy atom. The van der Waals surface area contributed by atoms with E-state index in [-0.39, 0.29) is 12.0 Å². The summed E-state index contributed by atoms with van der Waals surface area (Å²) in [6, 6.07) is 15.8. The summed E-state index contributed by atoms with van der Waals surface area (Å²) in [6.07, 6.45) is 7.03. The number of carbonyl (C=O) groups excluding carboxylic acids is 1. The largest absolute Gasteiger partial charge is 0.345 e. The number of nitrogens with one attached hydrogen (secondary N) is 2. The number of carbonyl (C=O) groups is 1. The molecule has 0 saturated carbocycles. The van der Waals surface area contributed by atoms with Gasteiger partial charge in [0.05, 0.1) is 31.3 Å². The van der Waals surface area contributed by atoms with Crippen LogP contribution in [0, 0.1) is 0 Å². The molecule has 9 heteroatoms. The molecular formula is C24H27ClN4O3S. The second kappa shape index (κ2) is 11.1. The van der Waals surface area contributed by atoms with Gasteiger partial charge in [-0.05, 0) is 48.4 Å². The summed E-state index contributed by atoms with van der Waals surface area (Å²) < 4.78 is 14.8. The van der Waals surface area contributed by atoms with Crippen molar-refractivity contribution in [1.29, 1.82) is 0 Å². The van der Waals surface area contributed by atoms with Gasteiger partial charge in [0.2, 0.25) is 5.91 Å². The fourth-order valence-corrected chi connectivity index (χ4v) is 4.62. The second-order valence-corrected chi connectivity index (χ2v) is 9.49. The van der Waals surface area contributed by atoms with Crippen LogP contribution in [0.25, 0.3) is 0 Å². The maximum Gasteiger partial charge on any atom is 0.235 e. The minimum atomic E-state index is -0.697. The Labute approximate surface area is 202 Å². The molecule has 1 aliphatic rings. The van der Waals surface area contributed by atoms with E-state index in [0.717, 1.165) is 34.2 Å². The zero-order valence-electron chi connectivity index (χ0n) is 18.4. The first-order chi connectivity index (χ1) is 16.0. The van der Waals surface area contributed by atoms with Crippen molar-refractivity contribution in [3.63, 3.8) is 0 Å². The molecule has 3 aromatic rings. The molecule has 1 amide bonds. The fourth-order valence-electron chi connectivity index (χ4n) is 3.62. The molecule has 1 fully saturated rings. The molecule has 7 nitrogen and oxygen atoms in total. The van der Waals surface area contributed by atoms with E-state index in [1.807, 2.05) is 59.3 Å². The molecule has 1 aromatic heterocycles. The molecule has 33 heavy (non-hydrogen) atoms. The standard InChI is InChI=1S/C24H27ClN4O3S/c1-18(30)27-28-21-6-8-23(9-7-21)33-15-22-14-31-24(32-22,16-29-13-12-26-17-29)11-10-19-2-4-20(25)5-3-19/h2-9,12-13,17,22,28H,10-11,14-16H2,1H3,(H,27,30)/t22-,24-/m0/s1. The molecule has 0 radical (unpaired) electrons. The Hall–Kier alpha value is -2.52. The van der Waals surface area contributed by atoms with E-state index in [9.17, 15) is 4.79 Å². The molecule has 2 atom stereocenters. The Morgan fingerprint density at radius 1 is 1.24 bits per heavy atom. The van der Waals surface area contributed by atoms with Crippen LogP contribution in [-0.2, 0) is 27.2 Å². The van der Waals surface area contributed by atoms with Crippen LogP contribution in [0.4, 0.5) is 5.69 Å². The summed E-state index contributed by atoms with van der Waals surface area (Å²) in [5.74, 6) is -0.0509. The summed E-state index contributed by atoms with van der Waals surface area (Å²) in [4.78, 5) is 16.3. The van der Waals surface area contributed by atoms with Gasteiger partial charge in [-0.1, -0.05) is 23.7 Å². The van der Waals surface area contributed by atoms with Crippen molar-refractivity contribution in [3.8, 4) is 0 Å². The molecule has 4 rings (SSSR count). The lowest BCUT2D eigenvalue weighted by atomic mass is 10.0. The fraction of sp³-hybridized carbons (Fsp3) is 0.333. The van der Waals surface area contributed by atoms with E-state index >= 15 is 0 Å². The Morgan fingerprint density at radius 3 is 2.73 bits per heavy atom. The van der Waals surface area contributed by atoms with E-state index in [2.05, 4.69) is 15.8 Å². The predicted molar refractivity (Wildman–Crippen MR) is 130 cm³/mol. The van der Waals surface area contributed by atoms with Crippen LogP contribution in [0.2, 0.25) is 5.02 Å². The number of hydrogen-bond donors (Lipinski definition) is 2. The average molecular weight is 487 g/mol. The molecule has 2 heterocycles. The lowest BCUT2D eigenvalue weighted by molar-refractivity contribution is -0.180. The quantitative estimate of drug-likeness (QED) is 0.324. The van der Waals surface area contributed by atoms with Crippen molar-refractivity contribution in [2.45, 2.75) is 43.1 Å². The number of thioether (sulfide) groups is 1. The lowest BCUT2D eigenvalue weighted by Gasteiger charge is -2.28. The van der Waals surface area contributed by atoms with Gasteiger partial charge in [0.1, 0.15) is 0 Å². The number of halogens is 1. The summed E-state index contributed by atoms with van der Waals surface area (Å²) in [7, 11) is 0. The van der Waals surface area contributed by atoms with E-state index in [1.54, 1.807) is 24.3 Å². The number of imidazole rings is 1. The van der Waals surface area contributed by atoms with Crippen molar-refractivity contribution in [2.24, 2.45) is 0 Å². The normalized spacial score (nSPS) is 20.0. The zero-order chi connectivity index (χ0) is 23.1. The van der Waals surface area contributed by atoms with Crippen molar-refractivity contribution in [3.05, 3.63) is 77.8 Å². The van der Waals surface area contributed by atoms with Gasteiger partial charge in [-0.15, -0.1) is 11.8 Å². The van der Waals surface area contributed by atoms with E-state index in [0.29, 0.717) is 13.2 Å². The van der Waals surface area contributed by atoms with Gasteiger partial charge in [0.15, 0.2) is 5.79 Å². The maximum absolute atomic E-state index is 11.0. The molecule has 2 N–H and O–H groups in total. The highest BCUT2D eigenvalue weighted by Crippen LogP contribution is 2.33. The number of anilines is 1. The monoisotopic (exact) mass is 486 g/mol. The molecule has 1 aliphatic heterocycles. The summed E-state index contributed by atoms with van der Waals surface area (Å²) in [5.41, 5.74) is 7.46. The third kappa shape index (κ3) is 6.98. The summed E-state index contributed by atoms with van der Waals surface area (Å²) in [5, 5.41) is 0.733. The van der Waals surface area contributed by atoms with Crippen LogP contribution in [-0.4, -0.2) is 39.7 Å². The summed E-state index contributed by atoms with van der Waals surface area (Å²) in [6.45, 7) is 2.60. The number of aryl methyl sites for hydroxylation is 1. The van der Waals surface area contributed by atoms with Crippen LogP contribution >= 0.6 is 23.4 Å². The average Bonchev–Trinajstić information content (AvgIpc) is 3.47. The third-order valence-electron chi connectivity index (χ3n) is 5.28. The van der Waals surface area contributed by atoms with Crippen molar-refractivity contribution < 1.29 is 14.3 Å². The lowest BCUT2D eigenvalue weighted by Crippen LogP contribution is -2.37. The molecule has 0 bridgehead atoms. The molecular weight excluding hydrogens is 460 g/mol. The highest BCUT2D eigenvalue weighted by Gasteiger charge is 2.41. The van der Waals surface area contributed by atoms with Gasteiger partial charge >= 0.3 is 0 Å². The molecule has 174 valence electrons. The summed E-state index contributed by atoms with van der Waals surface area (Å²) >= 11 is 7.74. The number of rotatable bonds is 10. The first kappa shape index (κ1) is 23.6. The van der Waals surface area contributed by atoms with E-state index < -0.39 is 5.79 Å². The predicted octanol–water partition coefficient (Wildman–Crippen LogP) is 4.54. The minimum Gasteiger partial charge on any atom is -0.345 e. The van der Waals surface area contributed by atoms with Crippen LogP contribution in [0.15, 0.2) is 72.1 Å². The van der Waals surface area contributed by atoms with Crippen molar-refractivity contribution in [1.82, 2.24) is 15.0 Å². The highest BCUT2D eigenvalue weighted by atomic mass is 35.5. The van der Waals surface area contributed by atoms with Gasteiger partial charge in [-0.25, -0.2) is 4.98 Å². The topological polar surface area (TPSA) is 77.4 Å². The molecule has 1 saturated heterocycles. The number of amides is 1. The minimum absolute atomic E-state index is 0.0130. The van der Waals surface area contributed by atoms with Crippen LogP contribution < -0.4 is 10.9 Å². The van der Waals surface area contributed by atoms with E-state index in [1.165, 1.54) is 12.5 Å². The van der Waals surface area contributed by atoms with Gasteiger partial charge in [-0.2, -0.15) is 0 Å². The Bertz CT molecular complexity index is 1030. The Balaban J connectivity index is 1.34. The first-order valence-corrected chi connectivity index (χ1v) is 12.1. The van der Waals surface area contributed by atoms with Crippen LogP contribution in [0.3, 0.4) is 0 Å². The number of aromatic nitrogens is 2. The smallest absolute Gasteiger partial charge is 0.235 e. The Kier molecular flexibility index (Phi) is 7.93. The maximum atomic E-state index is 11.0. The molecule has 0 spiro atoms. The zero-order valence-corrected chi connectivity index (χ0v) is 19.9. The second-order valence-electron chi connectivity index (χ2n) is 7.96. The number of benzene rings is 2. The molecule has 2 aromatic carbocycles. The first-order valence-electron chi connectivity index (χ1n) is 10.8. The number of hydrazine groups is 1. The number of ether oxygens (including phenoxy) is 2. The molecule has 0 unspecified atom stereocenters. The SMILES string of the molecule is CC(=O)NNc1ccc(SC[C@@H]2CO[C@](CCc3ccc(Cl)cc3)(Cn3ccnc3)O2)cc1. The van der Waals surface area contributed by atoms with Gasteiger partial charge in [0.25, 0.3) is 0 Å². The highest BCUT2D eigenvalue weighted by molar-refractivity contribution is 7.99. The number of nitrogens with zero attached hydrogens (tertiary/aromatic N) is 2. The van der Waals surface area contributed by atoms with E-state index in [4.69, 9.17) is 21.1 Å². The van der Waals surface area contributed by atoms with Gasteiger partial charge in [-0.3, -0.25) is 15.6 Å². The van der Waals surface area contributed by atoms with Crippen molar-refractivity contribution >= 4 is 35.0 Å². The third-order valence-corrected chi connectivity index (χ3v) is 6.67. The van der Waals surface area contributed by atoms with Gasteiger partial charge in [0, 0.05) is 41.4 Å². The van der Waals surface area contributed by atoms with Crippen LogP contribution in [0.5, 0.6) is 0 Å². The van der Waals surface area contributed by atoms with Crippen LogP contribution in [0.1, 0.15) is 18.9 Å².